The van der Waals surface area contributed by atoms with E-state index in [1.807, 2.05) is 30.3 Å². The third kappa shape index (κ3) is 4.31. The summed E-state index contributed by atoms with van der Waals surface area (Å²) in [5.41, 5.74) is 1.45. The number of hydrogen-bond acceptors (Lipinski definition) is 4. The number of thiazole rings is 1. The summed E-state index contributed by atoms with van der Waals surface area (Å²) >= 11 is 1.14. The number of anilines is 1. The van der Waals surface area contributed by atoms with Crippen molar-refractivity contribution in [3.05, 3.63) is 82.6 Å². The average Bonchev–Trinajstić information content (AvgIpc) is 3.10. The third-order valence-corrected chi connectivity index (χ3v) is 4.40. The summed E-state index contributed by atoms with van der Waals surface area (Å²) in [5.74, 6) is -1.21. The molecule has 0 bridgehead atoms. The Morgan fingerprint density at radius 2 is 1.92 bits per heavy atom. The van der Waals surface area contributed by atoms with E-state index in [4.69, 9.17) is 0 Å². The van der Waals surface area contributed by atoms with Crippen LogP contribution < -0.4 is 5.32 Å². The lowest BCUT2D eigenvalue weighted by Crippen LogP contribution is -2.26. The molecule has 1 aromatic heterocycles. The number of hydrogen-bond donors (Lipinski definition) is 1. The maximum absolute atomic E-state index is 13.2. The number of benzene rings is 2. The Balaban J connectivity index is 1.65. The molecule has 3 aromatic rings. The second kappa shape index (κ2) is 7.88. The van der Waals surface area contributed by atoms with Gasteiger partial charge in [0.2, 0.25) is 0 Å². The van der Waals surface area contributed by atoms with Crippen LogP contribution in [0.2, 0.25) is 0 Å². The van der Waals surface area contributed by atoms with E-state index in [1.165, 1.54) is 18.2 Å². The number of halogens is 1. The molecule has 0 saturated heterocycles. The number of amides is 2. The SMILES string of the molecule is CN(Cc1ccccc1)C(=O)c1csc(NC(=O)c2cccc(F)c2)n1. The maximum Gasteiger partial charge on any atom is 0.273 e. The maximum atomic E-state index is 13.2. The first-order chi connectivity index (χ1) is 12.5. The van der Waals surface area contributed by atoms with Crippen molar-refractivity contribution in [2.45, 2.75) is 6.54 Å². The Kier molecular flexibility index (Phi) is 5.38. The lowest BCUT2D eigenvalue weighted by Gasteiger charge is -2.15. The fourth-order valence-corrected chi connectivity index (χ4v) is 3.03. The average molecular weight is 369 g/mol. The summed E-state index contributed by atoms with van der Waals surface area (Å²) in [5, 5.41) is 4.46. The molecule has 0 aliphatic rings. The largest absolute Gasteiger partial charge is 0.336 e. The number of carbonyl (C=O) groups excluding carboxylic acids is 2. The van der Waals surface area contributed by atoms with Crippen LogP contribution in [0, 0.1) is 5.82 Å². The Bertz CT molecular complexity index is 927. The number of rotatable bonds is 5. The molecule has 0 fully saturated rings. The van der Waals surface area contributed by atoms with Crippen molar-refractivity contribution in [2.75, 3.05) is 12.4 Å². The second-order valence-corrected chi connectivity index (χ2v) is 6.51. The van der Waals surface area contributed by atoms with E-state index in [-0.39, 0.29) is 22.3 Å². The van der Waals surface area contributed by atoms with Crippen LogP contribution in [0.15, 0.2) is 60.0 Å². The van der Waals surface area contributed by atoms with Crippen molar-refractivity contribution in [1.29, 1.82) is 0 Å². The topological polar surface area (TPSA) is 62.3 Å². The first-order valence-corrected chi connectivity index (χ1v) is 8.73. The summed E-state index contributed by atoms with van der Waals surface area (Å²) in [7, 11) is 1.69. The van der Waals surface area contributed by atoms with Gasteiger partial charge in [-0.2, -0.15) is 0 Å². The minimum absolute atomic E-state index is 0.189. The molecule has 132 valence electrons. The van der Waals surface area contributed by atoms with E-state index in [2.05, 4.69) is 10.3 Å². The zero-order chi connectivity index (χ0) is 18.5. The van der Waals surface area contributed by atoms with Crippen LogP contribution in [0.5, 0.6) is 0 Å². The van der Waals surface area contributed by atoms with Crippen LogP contribution in [0.1, 0.15) is 26.4 Å². The summed E-state index contributed by atoms with van der Waals surface area (Å²) in [6.45, 7) is 0.461. The smallest absolute Gasteiger partial charge is 0.273 e. The van der Waals surface area contributed by atoms with Crippen molar-refractivity contribution >= 4 is 28.3 Å². The number of aromatic nitrogens is 1. The third-order valence-electron chi connectivity index (χ3n) is 3.64. The molecule has 2 amide bonds. The summed E-state index contributed by atoms with van der Waals surface area (Å²) in [4.78, 5) is 30.3. The van der Waals surface area contributed by atoms with Gasteiger partial charge in [0.05, 0.1) is 0 Å². The predicted octanol–water partition coefficient (Wildman–Crippen LogP) is 3.81. The van der Waals surface area contributed by atoms with Crippen LogP contribution in [-0.4, -0.2) is 28.7 Å². The molecule has 26 heavy (non-hydrogen) atoms. The van der Waals surface area contributed by atoms with Gasteiger partial charge in [-0.25, -0.2) is 9.37 Å². The molecule has 0 atom stereocenters. The van der Waals surface area contributed by atoms with Gasteiger partial charge in [0.15, 0.2) is 5.13 Å². The van der Waals surface area contributed by atoms with Gasteiger partial charge in [-0.15, -0.1) is 11.3 Å². The highest BCUT2D eigenvalue weighted by atomic mass is 32.1. The number of nitrogens with one attached hydrogen (secondary N) is 1. The minimum Gasteiger partial charge on any atom is -0.336 e. The Morgan fingerprint density at radius 3 is 2.65 bits per heavy atom. The normalized spacial score (nSPS) is 10.4. The second-order valence-electron chi connectivity index (χ2n) is 5.65. The van der Waals surface area contributed by atoms with E-state index < -0.39 is 11.7 Å². The molecular formula is C19H16FN3O2S. The Hall–Kier alpha value is -3.06. The van der Waals surface area contributed by atoms with Gasteiger partial charge in [-0.3, -0.25) is 14.9 Å². The molecule has 5 nitrogen and oxygen atoms in total. The van der Waals surface area contributed by atoms with Crippen molar-refractivity contribution in [3.8, 4) is 0 Å². The zero-order valence-electron chi connectivity index (χ0n) is 14.0. The van der Waals surface area contributed by atoms with Crippen LogP contribution in [0.4, 0.5) is 9.52 Å². The molecule has 3 rings (SSSR count). The minimum atomic E-state index is -0.491. The fraction of sp³-hybridized carbons (Fsp3) is 0.105. The molecule has 0 aliphatic carbocycles. The zero-order valence-corrected chi connectivity index (χ0v) is 14.8. The van der Waals surface area contributed by atoms with Crippen LogP contribution in [0.25, 0.3) is 0 Å². The first-order valence-electron chi connectivity index (χ1n) is 7.85. The Labute approximate surface area is 154 Å². The van der Waals surface area contributed by atoms with E-state index in [0.29, 0.717) is 6.54 Å². The van der Waals surface area contributed by atoms with Crippen molar-refractivity contribution in [1.82, 2.24) is 9.88 Å². The molecule has 2 aromatic carbocycles. The number of carbonyl (C=O) groups is 2. The fourth-order valence-electron chi connectivity index (χ4n) is 2.35. The Morgan fingerprint density at radius 1 is 1.15 bits per heavy atom. The lowest BCUT2D eigenvalue weighted by molar-refractivity contribution is 0.0779. The predicted molar refractivity (Wildman–Crippen MR) is 98.7 cm³/mol. The van der Waals surface area contributed by atoms with Gasteiger partial charge in [-0.1, -0.05) is 36.4 Å². The van der Waals surface area contributed by atoms with Crippen LogP contribution >= 0.6 is 11.3 Å². The van der Waals surface area contributed by atoms with Gasteiger partial charge in [0.25, 0.3) is 11.8 Å². The molecule has 0 unspecified atom stereocenters. The van der Waals surface area contributed by atoms with E-state index >= 15 is 0 Å². The van der Waals surface area contributed by atoms with Crippen molar-refractivity contribution in [2.24, 2.45) is 0 Å². The molecule has 0 saturated carbocycles. The molecule has 0 spiro atoms. The van der Waals surface area contributed by atoms with Gasteiger partial charge in [-0.05, 0) is 23.8 Å². The standard InChI is InChI=1S/C19H16FN3O2S/c1-23(11-13-6-3-2-4-7-13)18(25)16-12-26-19(21-16)22-17(24)14-8-5-9-15(20)10-14/h2-10,12H,11H2,1H3,(H,21,22,24). The quantitative estimate of drug-likeness (QED) is 0.744. The van der Waals surface area contributed by atoms with Crippen molar-refractivity contribution in [3.63, 3.8) is 0 Å². The van der Waals surface area contributed by atoms with Gasteiger partial charge in [0.1, 0.15) is 11.5 Å². The monoisotopic (exact) mass is 369 g/mol. The molecular weight excluding hydrogens is 353 g/mol. The highest BCUT2D eigenvalue weighted by molar-refractivity contribution is 7.14. The van der Waals surface area contributed by atoms with Crippen LogP contribution in [0.3, 0.4) is 0 Å². The molecule has 1 heterocycles. The van der Waals surface area contributed by atoms with Crippen LogP contribution in [-0.2, 0) is 6.54 Å². The molecule has 7 heteroatoms. The molecule has 0 radical (unpaired) electrons. The summed E-state index contributed by atoms with van der Waals surface area (Å²) < 4.78 is 13.2. The highest BCUT2D eigenvalue weighted by Crippen LogP contribution is 2.18. The van der Waals surface area contributed by atoms with Gasteiger partial charge < -0.3 is 4.90 Å². The van der Waals surface area contributed by atoms with E-state index in [1.54, 1.807) is 17.3 Å². The van der Waals surface area contributed by atoms with Gasteiger partial charge >= 0.3 is 0 Å². The number of nitrogens with zero attached hydrogens (tertiary/aromatic N) is 2. The van der Waals surface area contributed by atoms with Gasteiger partial charge in [0, 0.05) is 24.5 Å². The first kappa shape index (κ1) is 17.8. The van der Waals surface area contributed by atoms with Crippen molar-refractivity contribution < 1.29 is 14.0 Å². The lowest BCUT2D eigenvalue weighted by atomic mass is 10.2. The summed E-state index contributed by atoms with van der Waals surface area (Å²) in [6.07, 6.45) is 0. The highest BCUT2D eigenvalue weighted by Gasteiger charge is 2.17. The molecule has 0 aliphatic heterocycles. The summed E-state index contributed by atoms with van der Waals surface area (Å²) in [6, 6.07) is 15.0. The van der Waals surface area contributed by atoms with E-state index in [9.17, 15) is 14.0 Å². The molecule has 1 N–H and O–H groups in total. The van der Waals surface area contributed by atoms with E-state index in [0.717, 1.165) is 23.0 Å².